The normalized spacial score (nSPS) is 16.7. The number of ether oxygens (including phenoxy) is 1. The molecule has 0 saturated carbocycles. The summed E-state index contributed by atoms with van der Waals surface area (Å²) in [6.07, 6.45) is 2.07. The fourth-order valence-corrected chi connectivity index (χ4v) is 3.39. The summed E-state index contributed by atoms with van der Waals surface area (Å²) < 4.78 is 7.35. The van der Waals surface area contributed by atoms with Gasteiger partial charge in [-0.3, -0.25) is 9.78 Å². The largest absolute Gasteiger partial charge is 0.488 e. The van der Waals surface area contributed by atoms with Crippen molar-refractivity contribution >= 4 is 34.5 Å². The minimum Gasteiger partial charge on any atom is -0.488 e. The number of anilines is 1. The molecular formula is C17H17ClN6O3. The van der Waals surface area contributed by atoms with Gasteiger partial charge >= 0.3 is 5.69 Å². The first kappa shape index (κ1) is 17.3. The van der Waals surface area contributed by atoms with Gasteiger partial charge in [0.2, 0.25) is 0 Å². The molecule has 2 bridgehead atoms. The van der Waals surface area contributed by atoms with E-state index in [4.69, 9.17) is 22.1 Å². The number of halogens is 1. The highest BCUT2D eigenvalue weighted by Crippen LogP contribution is 2.31. The first-order valence-electron chi connectivity index (χ1n) is 8.35. The highest BCUT2D eigenvalue weighted by molar-refractivity contribution is 6.32. The van der Waals surface area contributed by atoms with E-state index in [9.17, 15) is 9.59 Å². The van der Waals surface area contributed by atoms with E-state index in [1.54, 1.807) is 24.2 Å². The van der Waals surface area contributed by atoms with E-state index >= 15 is 0 Å². The van der Waals surface area contributed by atoms with Gasteiger partial charge in [-0.15, -0.1) is 0 Å². The maximum Gasteiger partial charge on any atom is 0.333 e. The molecule has 9 nitrogen and oxygen atoms in total. The standard InChI is InChI=1S/C17H17ClN6O3/c1-8-4-6-23(2)15-9(13(19)25)7-10(18)16(22-15)24-12-11(27-8)3-5-20-14(12)21-17(24)26/h3,5,7-8H,4,6H2,1-2H3,(H2,19,25)(H,20,21,26)/t8-/m0/s1. The zero-order chi connectivity index (χ0) is 19.3. The Kier molecular flexibility index (Phi) is 4.03. The molecule has 3 N–H and O–H groups in total. The molecule has 140 valence electrons. The summed E-state index contributed by atoms with van der Waals surface area (Å²) in [5, 5.41) is 0.117. The molecule has 0 fully saturated rings. The predicted octanol–water partition coefficient (Wildman–Crippen LogP) is 1.47. The minimum absolute atomic E-state index is 0.117. The van der Waals surface area contributed by atoms with Crippen molar-refractivity contribution in [3.05, 3.63) is 39.4 Å². The van der Waals surface area contributed by atoms with Gasteiger partial charge in [0.15, 0.2) is 11.5 Å². The lowest BCUT2D eigenvalue weighted by Crippen LogP contribution is -2.28. The van der Waals surface area contributed by atoms with Crippen LogP contribution in [0.25, 0.3) is 17.0 Å². The van der Waals surface area contributed by atoms with Crippen molar-refractivity contribution in [3.63, 3.8) is 0 Å². The van der Waals surface area contributed by atoms with E-state index in [-0.39, 0.29) is 22.5 Å². The first-order chi connectivity index (χ1) is 12.9. The number of pyridine rings is 2. The van der Waals surface area contributed by atoms with Crippen LogP contribution in [-0.2, 0) is 0 Å². The summed E-state index contributed by atoms with van der Waals surface area (Å²) in [7, 11) is 1.79. The molecule has 0 aliphatic carbocycles. The number of carbonyl (C=O) groups is 1. The topological polar surface area (TPSA) is 119 Å². The maximum absolute atomic E-state index is 12.7. The molecule has 1 amide bonds. The summed E-state index contributed by atoms with van der Waals surface area (Å²) in [4.78, 5) is 37.7. The molecule has 4 rings (SSSR count). The van der Waals surface area contributed by atoms with Crippen molar-refractivity contribution in [1.82, 2.24) is 19.5 Å². The number of nitrogens with one attached hydrogen (secondary N) is 1. The average Bonchev–Trinajstić information content (AvgIpc) is 2.95. The van der Waals surface area contributed by atoms with E-state index in [0.29, 0.717) is 35.7 Å². The second-order valence-corrected chi connectivity index (χ2v) is 6.85. The number of hydrogen-bond donors (Lipinski definition) is 2. The van der Waals surface area contributed by atoms with Crippen LogP contribution in [0.1, 0.15) is 23.7 Å². The number of primary amides is 1. The molecule has 1 aliphatic rings. The molecule has 4 heterocycles. The van der Waals surface area contributed by atoms with Gasteiger partial charge in [-0.05, 0) is 13.0 Å². The fraction of sp³-hybridized carbons (Fsp3) is 0.294. The third-order valence-electron chi connectivity index (χ3n) is 4.51. The van der Waals surface area contributed by atoms with Gasteiger partial charge in [-0.25, -0.2) is 19.3 Å². The monoisotopic (exact) mass is 388 g/mol. The number of aromatic nitrogens is 4. The van der Waals surface area contributed by atoms with Crippen LogP contribution in [0, 0.1) is 0 Å². The van der Waals surface area contributed by atoms with Crippen molar-refractivity contribution in [2.24, 2.45) is 5.73 Å². The summed E-state index contributed by atoms with van der Waals surface area (Å²) >= 11 is 6.37. The van der Waals surface area contributed by atoms with Crippen LogP contribution in [0.2, 0.25) is 5.02 Å². The smallest absolute Gasteiger partial charge is 0.333 e. The number of hydrogen-bond acceptors (Lipinski definition) is 6. The summed E-state index contributed by atoms with van der Waals surface area (Å²) in [6, 6.07) is 3.12. The lowest BCUT2D eigenvalue weighted by molar-refractivity contribution is 0.100. The van der Waals surface area contributed by atoms with Crippen LogP contribution >= 0.6 is 11.6 Å². The van der Waals surface area contributed by atoms with Gasteiger partial charge < -0.3 is 15.4 Å². The Morgan fingerprint density at radius 2 is 2.22 bits per heavy atom. The Labute approximate surface area is 158 Å². The van der Waals surface area contributed by atoms with E-state index in [0.717, 1.165) is 0 Å². The van der Waals surface area contributed by atoms with Gasteiger partial charge in [-0.1, -0.05) is 11.6 Å². The van der Waals surface area contributed by atoms with Gasteiger partial charge in [0, 0.05) is 32.3 Å². The van der Waals surface area contributed by atoms with Gasteiger partial charge in [0.25, 0.3) is 5.91 Å². The van der Waals surface area contributed by atoms with E-state index in [1.807, 2.05) is 6.92 Å². The highest BCUT2D eigenvalue weighted by atomic mass is 35.5. The second kappa shape index (κ2) is 6.27. The zero-order valence-electron chi connectivity index (χ0n) is 14.7. The predicted molar refractivity (Wildman–Crippen MR) is 101 cm³/mol. The lowest BCUT2D eigenvalue weighted by atomic mass is 10.2. The van der Waals surface area contributed by atoms with Crippen molar-refractivity contribution in [2.45, 2.75) is 19.4 Å². The van der Waals surface area contributed by atoms with E-state index in [2.05, 4.69) is 15.0 Å². The molecule has 3 aromatic rings. The lowest BCUT2D eigenvalue weighted by Gasteiger charge is -2.22. The SMILES string of the molecule is C[C@H]1CCN(C)c2nc(c(Cl)cc2C(N)=O)-n2c(=O)[nH]c3nccc(c32)O1. The van der Waals surface area contributed by atoms with Crippen molar-refractivity contribution in [1.29, 1.82) is 0 Å². The summed E-state index contributed by atoms with van der Waals surface area (Å²) in [5.74, 6) is 0.370. The Balaban J connectivity index is 2.11. The van der Waals surface area contributed by atoms with Crippen molar-refractivity contribution in [3.8, 4) is 11.6 Å². The molecule has 0 aromatic carbocycles. The van der Waals surface area contributed by atoms with Crippen LogP contribution < -0.4 is 21.1 Å². The molecule has 0 saturated heterocycles. The highest BCUT2D eigenvalue weighted by Gasteiger charge is 2.24. The summed E-state index contributed by atoms with van der Waals surface area (Å²) in [5.41, 5.74) is 6.02. The van der Waals surface area contributed by atoms with Crippen LogP contribution in [0.3, 0.4) is 0 Å². The number of imidazole rings is 1. The molecular weight excluding hydrogens is 372 g/mol. The zero-order valence-corrected chi connectivity index (χ0v) is 15.4. The molecule has 0 radical (unpaired) electrons. The maximum atomic E-state index is 12.7. The molecule has 1 aliphatic heterocycles. The van der Waals surface area contributed by atoms with Crippen LogP contribution in [0.15, 0.2) is 23.1 Å². The number of nitrogens with two attached hydrogens (primary N) is 1. The Morgan fingerprint density at radius 3 is 2.96 bits per heavy atom. The number of H-pyrrole nitrogens is 1. The first-order valence-corrected chi connectivity index (χ1v) is 8.73. The van der Waals surface area contributed by atoms with E-state index < -0.39 is 11.6 Å². The third kappa shape index (κ3) is 2.80. The number of nitrogens with zero attached hydrogens (tertiary/aromatic N) is 4. The van der Waals surface area contributed by atoms with Gasteiger partial charge in [0.1, 0.15) is 17.1 Å². The molecule has 27 heavy (non-hydrogen) atoms. The third-order valence-corrected chi connectivity index (χ3v) is 4.79. The number of aromatic amines is 1. The quantitative estimate of drug-likeness (QED) is 0.651. The molecule has 0 unspecified atom stereocenters. The minimum atomic E-state index is -0.648. The summed E-state index contributed by atoms with van der Waals surface area (Å²) in [6.45, 7) is 2.49. The second-order valence-electron chi connectivity index (χ2n) is 6.44. The Hall–Kier alpha value is -3.07. The molecule has 0 spiro atoms. The number of rotatable bonds is 1. The number of fused-ring (bicyclic) bond motifs is 3. The fourth-order valence-electron chi connectivity index (χ4n) is 3.16. The molecule has 10 heteroatoms. The van der Waals surface area contributed by atoms with Crippen LogP contribution in [-0.4, -0.2) is 45.1 Å². The average molecular weight is 389 g/mol. The molecule has 1 atom stereocenters. The Bertz CT molecular complexity index is 1120. The van der Waals surface area contributed by atoms with Crippen molar-refractivity contribution in [2.75, 3.05) is 18.5 Å². The van der Waals surface area contributed by atoms with Gasteiger partial charge in [-0.2, -0.15) is 0 Å². The van der Waals surface area contributed by atoms with Crippen LogP contribution in [0.5, 0.6) is 5.75 Å². The number of carbonyl (C=O) groups excluding carboxylic acids is 1. The van der Waals surface area contributed by atoms with Crippen LogP contribution in [0.4, 0.5) is 5.82 Å². The Morgan fingerprint density at radius 1 is 1.44 bits per heavy atom. The van der Waals surface area contributed by atoms with Gasteiger partial charge in [0.05, 0.1) is 16.7 Å². The van der Waals surface area contributed by atoms with Crippen molar-refractivity contribution < 1.29 is 9.53 Å². The van der Waals surface area contributed by atoms with E-state index in [1.165, 1.54) is 10.6 Å². The number of amides is 1. The molecule has 3 aromatic heterocycles.